The van der Waals surface area contributed by atoms with E-state index in [0.29, 0.717) is 6.04 Å². The van der Waals surface area contributed by atoms with Crippen molar-refractivity contribution in [2.45, 2.75) is 56.1 Å². The first-order valence-corrected chi connectivity index (χ1v) is 10.3. The Morgan fingerprint density at radius 3 is 2.60 bits per heavy atom. The van der Waals surface area contributed by atoms with Gasteiger partial charge < -0.3 is 10.4 Å². The molecule has 0 atom stereocenters. The molecule has 1 aromatic carbocycles. The molecule has 132 valence electrons. The van der Waals surface area contributed by atoms with Crippen LogP contribution in [0.1, 0.15) is 41.6 Å². The van der Waals surface area contributed by atoms with E-state index < -0.39 is 0 Å². The Balaban J connectivity index is 1.54. The van der Waals surface area contributed by atoms with Gasteiger partial charge in [-0.1, -0.05) is 36.0 Å². The molecule has 0 aliphatic heterocycles. The van der Waals surface area contributed by atoms with E-state index in [9.17, 15) is 0 Å². The molecule has 0 bridgehead atoms. The predicted octanol–water partition coefficient (Wildman–Crippen LogP) is 3.41. The molecule has 0 fully saturated rings. The highest BCUT2D eigenvalue weighted by Gasteiger charge is 2.24. The second-order valence-corrected chi connectivity index (χ2v) is 7.99. The van der Waals surface area contributed by atoms with E-state index in [2.05, 4.69) is 29.6 Å². The van der Waals surface area contributed by atoms with Crippen molar-refractivity contribution in [3.8, 4) is 0 Å². The zero-order valence-corrected chi connectivity index (χ0v) is 15.3. The molecule has 1 heterocycles. The minimum atomic E-state index is 0.226. The monoisotopic (exact) mass is 355 g/mol. The number of hydrogen-bond donors (Lipinski definition) is 2. The lowest BCUT2D eigenvalue weighted by molar-refractivity contribution is 0.296. The van der Waals surface area contributed by atoms with Gasteiger partial charge in [-0.05, 0) is 56.1 Å². The Morgan fingerprint density at radius 1 is 1.08 bits per heavy atom. The van der Waals surface area contributed by atoms with Crippen LogP contribution in [-0.2, 0) is 25.7 Å². The first-order chi connectivity index (χ1) is 12.3. The number of thioether (sulfide) groups is 1. The maximum absolute atomic E-state index is 9.00. The maximum atomic E-state index is 9.00. The zero-order chi connectivity index (χ0) is 17.1. The van der Waals surface area contributed by atoms with Crippen molar-refractivity contribution in [3.63, 3.8) is 0 Å². The molecule has 0 unspecified atom stereocenters. The van der Waals surface area contributed by atoms with Crippen LogP contribution < -0.4 is 5.32 Å². The number of aromatic nitrogens is 2. The molecule has 5 heteroatoms. The molecule has 2 aliphatic rings. The lowest BCUT2D eigenvalue weighted by Gasteiger charge is -2.22. The smallest absolute Gasteiger partial charge is 0.189 e. The van der Waals surface area contributed by atoms with Crippen molar-refractivity contribution in [2.24, 2.45) is 0 Å². The standard InChI is InChI=1S/C20H25N3OS/c24-10-5-11-25-20-22-18-9-4-3-8-17(18)19(23-20)21-16-12-14-6-1-2-7-15(14)13-16/h1-2,6-7,16,24H,3-5,8-13H2,(H,21,22,23). The molecule has 0 saturated heterocycles. The van der Waals surface area contributed by atoms with Crippen LogP contribution in [0.2, 0.25) is 0 Å². The number of aryl methyl sites for hydroxylation is 1. The Labute approximate surface area is 153 Å². The van der Waals surface area contributed by atoms with Gasteiger partial charge in [-0.25, -0.2) is 9.97 Å². The highest BCUT2D eigenvalue weighted by atomic mass is 32.2. The number of nitrogens with one attached hydrogen (secondary N) is 1. The Kier molecular flexibility index (Phi) is 5.22. The molecule has 4 rings (SSSR count). The number of benzene rings is 1. The van der Waals surface area contributed by atoms with Gasteiger partial charge in [0, 0.05) is 24.0 Å². The number of aliphatic hydroxyl groups excluding tert-OH is 1. The third-order valence-corrected chi connectivity index (χ3v) is 6.02. The van der Waals surface area contributed by atoms with Gasteiger partial charge in [-0.2, -0.15) is 0 Å². The minimum Gasteiger partial charge on any atom is -0.396 e. The Morgan fingerprint density at radius 2 is 1.84 bits per heavy atom. The highest BCUT2D eigenvalue weighted by molar-refractivity contribution is 7.99. The van der Waals surface area contributed by atoms with E-state index in [0.717, 1.165) is 48.8 Å². The molecule has 2 aromatic rings. The van der Waals surface area contributed by atoms with E-state index >= 15 is 0 Å². The molecule has 0 radical (unpaired) electrons. The van der Waals surface area contributed by atoms with Gasteiger partial charge in [0.2, 0.25) is 0 Å². The van der Waals surface area contributed by atoms with E-state index in [1.54, 1.807) is 11.8 Å². The fraction of sp³-hybridized carbons (Fsp3) is 0.500. The summed E-state index contributed by atoms with van der Waals surface area (Å²) in [7, 11) is 0. The molecule has 0 amide bonds. The summed E-state index contributed by atoms with van der Waals surface area (Å²) in [5.41, 5.74) is 5.47. The van der Waals surface area contributed by atoms with E-state index in [1.165, 1.54) is 35.2 Å². The van der Waals surface area contributed by atoms with Crippen LogP contribution >= 0.6 is 11.8 Å². The van der Waals surface area contributed by atoms with Gasteiger partial charge >= 0.3 is 0 Å². The van der Waals surface area contributed by atoms with Gasteiger partial charge in [-0.3, -0.25) is 0 Å². The van der Waals surface area contributed by atoms with Crippen LogP contribution in [0.4, 0.5) is 5.82 Å². The predicted molar refractivity (Wildman–Crippen MR) is 102 cm³/mol. The maximum Gasteiger partial charge on any atom is 0.189 e. The summed E-state index contributed by atoms with van der Waals surface area (Å²) in [6.45, 7) is 0.226. The first kappa shape index (κ1) is 16.9. The van der Waals surface area contributed by atoms with Gasteiger partial charge in [0.1, 0.15) is 5.82 Å². The van der Waals surface area contributed by atoms with Crippen molar-refractivity contribution < 1.29 is 5.11 Å². The largest absolute Gasteiger partial charge is 0.396 e. The summed E-state index contributed by atoms with van der Waals surface area (Å²) in [5.74, 6) is 1.91. The molecule has 25 heavy (non-hydrogen) atoms. The third kappa shape index (κ3) is 3.82. The third-order valence-electron chi connectivity index (χ3n) is 5.09. The average molecular weight is 356 g/mol. The molecule has 2 N–H and O–H groups in total. The average Bonchev–Trinajstić information content (AvgIpc) is 3.04. The second-order valence-electron chi connectivity index (χ2n) is 6.93. The fourth-order valence-electron chi connectivity index (χ4n) is 3.84. The summed E-state index contributed by atoms with van der Waals surface area (Å²) < 4.78 is 0. The molecule has 2 aliphatic carbocycles. The van der Waals surface area contributed by atoms with Crippen molar-refractivity contribution in [1.29, 1.82) is 0 Å². The van der Waals surface area contributed by atoms with Crippen LogP contribution in [0.5, 0.6) is 0 Å². The van der Waals surface area contributed by atoms with Crippen molar-refractivity contribution in [2.75, 3.05) is 17.7 Å². The topological polar surface area (TPSA) is 58.0 Å². The summed E-state index contributed by atoms with van der Waals surface area (Å²) in [6, 6.07) is 9.16. The van der Waals surface area contributed by atoms with Crippen molar-refractivity contribution in [1.82, 2.24) is 9.97 Å². The van der Waals surface area contributed by atoms with Gasteiger partial charge in [0.25, 0.3) is 0 Å². The number of anilines is 1. The Hall–Kier alpha value is -1.59. The van der Waals surface area contributed by atoms with Gasteiger partial charge in [-0.15, -0.1) is 0 Å². The van der Waals surface area contributed by atoms with Crippen LogP contribution in [0, 0.1) is 0 Å². The van der Waals surface area contributed by atoms with Gasteiger partial charge in [0.15, 0.2) is 5.16 Å². The zero-order valence-electron chi connectivity index (χ0n) is 14.5. The normalized spacial score (nSPS) is 16.5. The Bertz CT molecular complexity index is 725. The summed E-state index contributed by atoms with van der Waals surface area (Å²) in [6.07, 6.45) is 7.52. The lowest BCUT2D eigenvalue weighted by Crippen LogP contribution is -2.23. The minimum absolute atomic E-state index is 0.226. The van der Waals surface area contributed by atoms with Crippen molar-refractivity contribution in [3.05, 3.63) is 46.6 Å². The van der Waals surface area contributed by atoms with Crippen LogP contribution in [0.25, 0.3) is 0 Å². The first-order valence-electron chi connectivity index (χ1n) is 9.30. The summed E-state index contributed by atoms with van der Waals surface area (Å²) >= 11 is 1.66. The van der Waals surface area contributed by atoms with E-state index in [-0.39, 0.29) is 6.61 Å². The number of rotatable bonds is 6. The van der Waals surface area contributed by atoms with E-state index in [1.807, 2.05) is 0 Å². The SMILES string of the molecule is OCCCSc1nc2c(c(NC3Cc4ccccc4C3)n1)CCCC2. The summed E-state index contributed by atoms with van der Waals surface area (Å²) in [4.78, 5) is 9.63. The molecule has 4 nitrogen and oxygen atoms in total. The van der Waals surface area contributed by atoms with E-state index in [4.69, 9.17) is 15.1 Å². The second kappa shape index (κ2) is 7.75. The van der Waals surface area contributed by atoms with Crippen LogP contribution in [0.3, 0.4) is 0 Å². The molecule has 0 spiro atoms. The molecular weight excluding hydrogens is 330 g/mol. The van der Waals surface area contributed by atoms with Crippen LogP contribution in [-0.4, -0.2) is 33.5 Å². The number of aliphatic hydroxyl groups is 1. The summed E-state index contributed by atoms with van der Waals surface area (Å²) in [5, 5.41) is 13.6. The fourth-order valence-corrected chi connectivity index (χ4v) is 4.62. The van der Waals surface area contributed by atoms with Gasteiger partial charge in [0.05, 0.1) is 5.69 Å². The molecular formula is C20H25N3OS. The number of nitrogens with zero attached hydrogens (tertiary/aromatic N) is 2. The van der Waals surface area contributed by atoms with Crippen molar-refractivity contribution >= 4 is 17.6 Å². The molecule has 1 aromatic heterocycles. The lowest BCUT2D eigenvalue weighted by atomic mass is 9.96. The number of fused-ring (bicyclic) bond motifs is 2. The molecule has 0 saturated carbocycles. The quantitative estimate of drug-likeness (QED) is 0.472. The number of hydrogen-bond acceptors (Lipinski definition) is 5. The highest BCUT2D eigenvalue weighted by Crippen LogP contribution is 2.31. The van der Waals surface area contributed by atoms with Crippen LogP contribution in [0.15, 0.2) is 29.4 Å².